The lowest BCUT2D eigenvalue weighted by Crippen LogP contribution is -2.22. The SMILES string of the molecule is CCCCc1nc2ccc(Br)cc2c(=O)n1N=Cc1cc(Cl)cc([N+](=O)[O-])c1OCC(C)(C)C. The van der Waals surface area contributed by atoms with Gasteiger partial charge < -0.3 is 4.74 Å². The van der Waals surface area contributed by atoms with E-state index in [0.717, 1.165) is 17.3 Å². The van der Waals surface area contributed by atoms with Crippen LogP contribution >= 0.6 is 27.5 Å². The van der Waals surface area contributed by atoms with Gasteiger partial charge in [0.05, 0.1) is 28.6 Å². The van der Waals surface area contributed by atoms with Crippen LogP contribution in [0.2, 0.25) is 5.02 Å². The minimum Gasteiger partial charge on any atom is -0.486 e. The smallest absolute Gasteiger partial charge is 0.313 e. The van der Waals surface area contributed by atoms with E-state index in [4.69, 9.17) is 16.3 Å². The number of halogens is 2. The Balaban J connectivity index is 2.17. The van der Waals surface area contributed by atoms with Gasteiger partial charge in [0, 0.05) is 27.5 Å². The van der Waals surface area contributed by atoms with Crippen LogP contribution in [0.1, 0.15) is 51.9 Å². The summed E-state index contributed by atoms with van der Waals surface area (Å²) in [4.78, 5) is 29.1. The molecule has 0 aliphatic rings. The van der Waals surface area contributed by atoms with Crippen molar-refractivity contribution in [1.82, 2.24) is 9.66 Å². The van der Waals surface area contributed by atoms with Gasteiger partial charge >= 0.3 is 5.69 Å². The Morgan fingerprint density at radius 1 is 1.29 bits per heavy atom. The van der Waals surface area contributed by atoms with Crippen molar-refractivity contribution >= 4 is 50.3 Å². The number of nitrogens with zero attached hydrogens (tertiary/aromatic N) is 4. The number of aryl methyl sites for hydroxylation is 1. The molecule has 0 atom stereocenters. The predicted octanol–water partition coefficient (Wildman–Crippen LogP) is 6.37. The second-order valence-electron chi connectivity index (χ2n) is 9.10. The molecule has 0 spiro atoms. The number of fused-ring (bicyclic) bond motifs is 1. The number of aromatic nitrogens is 2. The van der Waals surface area contributed by atoms with Crippen molar-refractivity contribution in [3.63, 3.8) is 0 Å². The molecule has 0 bridgehead atoms. The van der Waals surface area contributed by atoms with E-state index >= 15 is 0 Å². The zero-order valence-corrected chi connectivity index (χ0v) is 21.8. The number of hydrogen-bond donors (Lipinski definition) is 0. The Kier molecular flexibility index (Phi) is 8.09. The van der Waals surface area contributed by atoms with Crippen LogP contribution in [0.25, 0.3) is 10.9 Å². The van der Waals surface area contributed by atoms with Crippen molar-refractivity contribution in [3.05, 3.63) is 71.7 Å². The Bertz CT molecular complexity index is 1320. The summed E-state index contributed by atoms with van der Waals surface area (Å²) in [7, 11) is 0. The lowest BCUT2D eigenvalue weighted by Gasteiger charge is -2.19. The summed E-state index contributed by atoms with van der Waals surface area (Å²) in [6.07, 6.45) is 3.66. The largest absolute Gasteiger partial charge is 0.486 e. The van der Waals surface area contributed by atoms with Crippen LogP contribution in [-0.4, -0.2) is 27.4 Å². The van der Waals surface area contributed by atoms with E-state index in [1.807, 2.05) is 33.8 Å². The van der Waals surface area contributed by atoms with Gasteiger partial charge in [0.25, 0.3) is 5.56 Å². The molecule has 1 aromatic heterocycles. The maximum Gasteiger partial charge on any atom is 0.313 e. The second kappa shape index (κ2) is 10.7. The molecule has 0 amide bonds. The van der Waals surface area contributed by atoms with Crippen molar-refractivity contribution in [2.24, 2.45) is 10.5 Å². The molecule has 0 aliphatic carbocycles. The third kappa shape index (κ3) is 6.21. The molecule has 0 saturated heterocycles. The molecule has 3 aromatic rings. The number of rotatable bonds is 8. The van der Waals surface area contributed by atoms with E-state index in [1.54, 1.807) is 12.1 Å². The van der Waals surface area contributed by atoms with Crippen LogP contribution in [-0.2, 0) is 6.42 Å². The lowest BCUT2D eigenvalue weighted by atomic mass is 9.98. The van der Waals surface area contributed by atoms with Gasteiger partial charge in [-0.2, -0.15) is 9.78 Å². The standard InChI is InChI=1S/C24H26BrClN4O4/c1-5-6-7-21-28-19-9-8-16(25)11-18(19)23(31)29(21)27-13-15-10-17(26)12-20(30(32)33)22(15)34-14-24(2,3)4/h8-13H,5-7,14H2,1-4H3. The van der Waals surface area contributed by atoms with Crippen LogP contribution in [0.5, 0.6) is 5.75 Å². The number of ether oxygens (including phenoxy) is 1. The van der Waals surface area contributed by atoms with Crippen LogP contribution in [0.3, 0.4) is 0 Å². The van der Waals surface area contributed by atoms with Crippen LogP contribution in [0.4, 0.5) is 5.69 Å². The molecule has 3 rings (SSSR count). The highest BCUT2D eigenvalue weighted by Crippen LogP contribution is 2.35. The summed E-state index contributed by atoms with van der Waals surface area (Å²) in [6.45, 7) is 8.17. The summed E-state index contributed by atoms with van der Waals surface area (Å²) in [5, 5.41) is 16.7. The maximum atomic E-state index is 13.3. The van der Waals surface area contributed by atoms with Crippen LogP contribution in [0, 0.1) is 15.5 Å². The monoisotopic (exact) mass is 548 g/mol. The fourth-order valence-corrected chi connectivity index (χ4v) is 3.79. The summed E-state index contributed by atoms with van der Waals surface area (Å²) in [6, 6.07) is 8.07. The molecular formula is C24H26BrClN4O4. The third-order valence-corrected chi connectivity index (χ3v) is 5.56. The zero-order chi connectivity index (χ0) is 25.0. The van der Waals surface area contributed by atoms with Crippen LogP contribution < -0.4 is 10.3 Å². The molecule has 8 nitrogen and oxygen atoms in total. The molecule has 1 heterocycles. The topological polar surface area (TPSA) is 99.6 Å². The molecule has 0 radical (unpaired) electrons. The molecule has 0 N–H and O–H groups in total. The van der Waals surface area contributed by atoms with Gasteiger partial charge in [0.15, 0.2) is 0 Å². The fraction of sp³-hybridized carbons (Fsp3) is 0.375. The van der Waals surface area contributed by atoms with E-state index in [1.165, 1.54) is 23.0 Å². The van der Waals surface area contributed by atoms with Gasteiger partial charge in [-0.15, -0.1) is 0 Å². The van der Waals surface area contributed by atoms with Gasteiger partial charge in [-0.3, -0.25) is 14.9 Å². The van der Waals surface area contributed by atoms with Gasteiger partial charge in [-0.25, -0.2) is 4.98 Å². The van der Waals surface area contributed by atoms with Gasteiger partial charge in [0.1, 0.15) is 5.82 Å². The molecule has 10 heteroatoms. The van der Waals surface area contributed by atoms with Gasteiger partial charge in [-0.05, 0) is 36.1 Å². The summed E-state index contributed by atoms with van der Waals surface area (Å²) >= 11 is 9.55. The van der Waals surface area contributed by atoms with Gasteiger partial charge in [0.2, 0.25) is 5.75 Å². The van der Waals surface area contributed by atoms with E-state index in [-0.39, 0.29) is 34.0 Å². The normalized spacial score (nSPS) is 11.9. The average molecular weight is 550 g/mol. The van der Waals surface area contributed by atoms with Crippen molar-refractivity contribution in [1.29, 1.82) is 0 Å². The van der Waals surface area contributed by atoms with E-state index in [2.05, 4.69) is 26.0 Å². The highest BCUT2D eigenvalue weighted by molar-refractivity contribution is 9.10. The molecule has 0 fully saturated rings. The number of benzene rings is 2. The first-order chi connectivity index (χ1) is 16.0. The summed E-state index contributed by atoms with van der Waals surface area (Å²) in [5.74, 6) is 0.555. The molecule has 0 unspecified atom stereocenters. The van der Waals surface area contributed by atoms with E-state index < -0.39 is 4.92 Å². The molecule has 0 aliphatic heterocycles. The quantitative estimate of drug-likeness (QED) is 0.185. The summed E-state index contributed by atoms with van der Waals surface area (Å²) in [5.41, 5.74) is 0.0473. The minimum absolute atomic E-state index is 0.0488. The van der Waals surface area contributed by atoms with Crippen molar-refractivity contribution in [3.8, 4) is 5.75 Å². The average Bonchev–Trinajstić information content (AvgIpc) is 2.75. The maximum absolute atomic E-state index is 13.3. The first kappa shape index (κ1) is 25.8. The van der Waals surface area contributed by atoms with Crippen LogP contribution in [0.15, 0.2) is 44.7 Å². The lowest BCUT2D eigenvalue weighted by molar-refractivity contribution is -0.385. The molecular weight excluding hydrogens is 524 g/mol. The van der Waals surface area contributed by atoms with Gasteiger partial charge in [-0.1, -0.05) is 61.6 Å². The minimum atomic E-state index is -0.546. The highest BCUT2D eigenvalue weighted by atomic mass is 79.9. The fourth-order valence-electron chi connectivity index (χ4n) is 3.21. The predicted molar refractivity (Wildman–Crippen MR) is 138 cm³/mol. The molecule has 0 saturated carbocycles. The Morgan fingerprint density at radius 3 is 2.68 bits per heavy atom. The van der Waals surface area contributed by atoms with E-state index in [9.17, 15) is 14.9 Å². The molecule has 180 valence electrons. The molecule has 34 heavy (non-hydrogen) atoms. The second-order valence-corrected chi connectivity index (χ2v) is 10.5. The zero-order valence-electron chi connectivity index (χ0n) is 19.5. The Labute approximate surface area is 210 Å². The number of hydrogen-bond acceptors (Lipinski definition) is 6. The van der Waals surface area contributed by atoms with Crippen molar-refractivity contribution < 1.29 is 9.66 Å². The third-order valence-electron chi connectivity index (χ3n) is 4.85. The molecule has 2 aromatic carbocycles. The van der Waals surface area contributed by atoms with Crippen molar-refractivity contribution in [2.75, 3.05) is 6.61 Å². The number of unbranched alkanes of at least 4 members (excludes halogenated alkanes) is 1. The number of nitro groups is 1. The van der Waals surface area contributed by atoms with Crippen molar-refractivity contribution in [2.45, 2.75) is 47.0 Å². The Morgan fingerprint density at radius 2 is 2.03 bits per heavy atom. The first-order valence-corrected chi connectivity index (χ1v) is 12.0. The highest BCUT2D eigenvalue weighted by Gasteiger charge is 2.23. The Hall–Kier alpha value is -2.78. The first-order valence-electron chi connectivity index (χ1n) is 10.9. The summed E-state index contributed by atoms with van der Waals surface area (Å²) < 4.78 is 7.84. The van der Waals surface area contributed by atoms with E-state index in [0.29, 0.717) is 28.7 Å². The number of nitro benzene ring substituents is 1.